The Morgan fingerprint density at radius 1 is 1.35 bits per heavy atom. The highest BCUT2D eigenvalue weighted by Gasteiger charge is 2.42. The third-order valence-electron chi connectivity index (χ3n) is 5.56. The van der Waals surface area contributed by atoms with Crippen molar-refractivity contribution in [2.24, 2.45) is 5.92 Å². The smallest absolute Gasteiger partial charge is 0.311 e. The number of nitrogens with zero attached hydrogens (tertiary/aromatic N) is 2. The fourth-order valence-corrected chi connectivity index (χ4v) is 3.82. The Bertz CT molecular complexity index is 1020. The first-order valence-corrected chi connectivity index (χ1v) is 11.1. The fraction of sp³-hybridized carbons (Fsp3) is 0.440. The van der Waals surface area contributed by atoms with Gasteiger partial charge in [-0.1, -0.05) is 24.3 Å². The lowest BCUT2D eigenvalue weighted by atomic mass is 9.92. The molecule has 3 rings (SSSR count). The van der Waals surface area contributed by atoms with Gasteiger partial charge in [0.1, 0.15) is 0 Å². The number of aliphatic carboxylic acids is 1. The minimum atomic E-state index is -1.03. The van der Waals surface area contributed by atoms with Crippen molar-refractivity contribution in [2.75, 3.05) is 6.61 Å². The molecule has 34 heavy (non-hydrogen) atoms. The summed E-state index contributed by atoms with van der Waals surface area (Å²) >= 11 is 0. The molecule has 0 radical (unpaired) electrons. The number of ether oxygens (including phenoxy) is 3. The molecule has 3 atom stereocenters. The topological polar surface area (TPSA) is 121 Å². The number of nitro benzene ring substituents is 1. The molecule has 0 aliphatic carbocycles. The van der Waals surface area contributed by atoms with E-state index in [0.29, 0.717) is 19.4 Å². The number of hydrogen-bond acceptors (Lipinski definition) is 7. The predicted octanol–water partition coefficient (Wildman–Crippen LogP) is 5.00. The van der Waals surface area contributed by atoms with Gasteiger partial charge in [-0.25, -0.2) is 0 Å². The molecule has 0 unspecified atom stereocenters. The molecule has 0 bridgehead atoms. The third kappa shape index (κ3) is 6.61. The van der Waals surface area contributed by atoms with E-state index in [-0.39, 0.29) is 29.9 Å². The van der Waals surface area contributed by atoms with Gasteiger partial charge in [-0.05, 0) is 56.9 Å². The van der Waals surface area contributed by atoms with Crippen LogP contribution in [0.25, 0.3) is 0 Å². The summed E-state index contributed by atoms with van der Waals surface area (Å²) in [6.45, 7) is 5.70. The Kier molecular flexibility index (Phi) is 8.36. The third-order valence-corrected chi connectivity index (χ3v) is 5.56. The number of aryl methyl sites for hydroxylation is 1. The molecule has 1 aromatic carbocycles. The molecule has 1 aliphatic rings. The Balaban J connectivity index is 1.76. The van der Waals surface area contributed by atoms with Gasteiger partial charge in [-0.3, -0.25) is 19.9 Å². The van der Waals surface area contributed by atoms with Crippen molar-refractivity contribution in [1.29, 1.82) is 0 Å². The number of pyridine rings is 1. The van der Waals surface area contributed by atoms with Crippen molar-refractivity contribution < 1.29 is 29.0 Å². The molecule has 2 heterocycles. The monoisotopic (exact) mass is 470 g/mol. The maximum absolute atomic E-state index is 11.5. The van der Waals surface area contributed by atoms with Crippen LogP contribution >= 0.6 is 0 Å². The second-order valence-electron chi connectivity index (χ2n) is 8.84. The average Bonchev–Trinajstić information content (AvgIpc) is 2.80. The van der Waals surface area contributed by atoms with Crippen LogP contribution < -0.4 is 4.74 Å². The first-order chi connectivity index (χ1) is 16.2. The molecule has 1 saturated heterocycles. The molecule has 0 saturated carbocycles. The standard InChI is InChI=1S/C25H30N2O7/c1-17-11-12-21(20(14-17)27(30)31)34-25(2,3)24-32-16-19(8-5-4-6-10-22(28)29)23(33-24)18-9-7-13-26-15-18/h4-5,7,9,11-15,19,23-24H,6,8,10,16H2,1-3H3,(H,28,29)/b5-4-/t19-,23-,24+/m0/s1. The number of rotatable bonds is 10. The van der Waals surface area contributed by atoms with Crippen LogP contribution in [0.4, 0.5) is 5.69 Å². The minimum absolute atomic E-state index is 0.0222. The molecule has 1 aliphatic heterocycles. The molecule has 0 spiro atoms. The Hall–Kier alpha value is -3.30. The normalized spacial score (nSPS) is 20.9. The molecular weight excluding hydrogens is 440 g/mol. The molecule has 9 nitrogen and oxygen atoms in total. The zero-order valence-corrected chi connectivity index (χ0v) is 19.5. The van der Waals surface area contributed by atoms with Gasteiger partial charge in [0.15, 0.2) is 17.6 Å². The van der Waals surface area contributed by atoms with E-state index >= 15 is 0 Å². The highest BCUT2D eigenvalue weighted by molar-refractivity contribution is 5.66. The van der Waals surface area contributed by atoms with Gasteiger partial charge in [-0.15, -0.1) is 0 Å². The summed E-state index contributed by atoms with van der Waals surface area (Å²) in [5, 5.41) is 20.3. The quantitative estimate of drug-likeness (QED) is 0.293. The Labute approximate surface area is 198 Å². The molecule has 1 N–H and O–H groups in total. The van der Waals surface area contributed by atoms with Crippen LogP contribution in [0.1, 0.15) is 50.3 Å². The van der Waals surface area contributed by atoms with E-state index in [2.05, 4.69) is 4.98 Å². The molecule has 2 aromatic rings. The first-order valence-electron chi connectivity index (χ1n) is 11.1. The van der Waals surface area contributed by atoms with Crippen LogP contribution in [0, 0.1) is 23.0 Å². The van der Waals surface area contributed by atoms with Crippen molar-refractivity contribution in [3.63, 3.8) is 0 Å². The molecule has 9 heteroatoms. The van der Waals surface area contributed by atoms with Crippen LogP contribution in [-0.4, -0.2) is 39.5 Å². The second-order valence-corrected chi connectivity index (χ2v) is 8.84. The zero-order valence-electron chi connectivity index (χ0n) is 19.5. The highest BCUT2D eigenvalue weighted by Crippen LogP contribution is 2.39. The van der Waals surface area contributed by atoms with Gasteiger partial charge in [0.05, 0.1) is 17.6 Å². The number of aromatic nitrogens is 1. The zero-order chi connectivity index (χ0) is 24.7. The van der Waals surface area contributed by atoms with Crippen molar-refractivity contribution >= 4 is 11.7 Å². The number of carboxylic acids is 1. The lowest BCUT2D eigenvalue weighted by molar-refractivity contribution is -0.386. The van der Waals surface area contributed by atoms with Crippen LogP contribution in [0.15, 0.2) is 54.9 Å². The summed E-state index contributed by atoms with van der Waals surface area (Å²) in [5.41, 5.74) is 0.509. The van der Waals surface area contributed by atoms with Crippen molar-refractivity contribution in [3.05, 3.63) is 76.1 Å². The highest BCUT2D eigenvalue weighted by atomic mass is 16.7. The van der Waals surface area contributed by atoms with Gasteiger partial charge in [0, 0.05) is 30.8 Å². The van der Waals surface area contributed by atoms with Gasteiger partial charge < -0.3 is 19.3 Å². The van der Waals surface area contributed by atoms with Crippen LogP contribution in [0.2, 0.25) is 0 Å². The van der Waals surface area contributed by atoms with Crippen LogP contribution in [-0.2, 0) is 14.3 Å². The molecule has 1 fully saturated rings. The van der Waals surface area contributed by atoms with E-state index in [1.807, 2.05) is 24.3 Å². The predicted molar refractivity (Wildman–Crippen MR) is 124 cm³/mol. The minimum Gasteiger partial charge on any atom is -0.481 e. The van der Waals surface area contributed by atoms with E-state index in [0.717, 1.165) is 11.1 Å². The van der Waals surface area contributed by atoms with Gasteiger partial charge >= 0.3 is 11.7 Å². The maximum Gasteiger partial charge on any atom is 0.311 e. The molecule has 1 aromatic heterocycles. The molecular formula is C25H30N2O7. The van der Waals surface area contributed by atoms with Crippen molar-refractivity contribution in [2.45, 2.75) is 58.0 Å². The van der Waals surface area contributed by atoms with Crippen molar-refractivity contribution in [1.82, 2.24) is 4.98 Å². The number of nitro groups is 1. The summed E-state index contributed by atoms with van der Waals surface area (Å²) in [4.78, 5) is 26.0. The maximum atomic E-state index is 11.5. The fourth-order valence-electron chi connectivity index (χ4n) is 3.82. The lowest BCUT2D eigenvalue weighted by Crippen LogP contribution is -2.50. The Morgan fingerprint density at radius 2 is 2.15 bits per heavy atom. The van der Waals surface area contributed by atoms with Crippen LogP contribution in [0.3, 0.4) is 0 Å². The van der Waals surface area contributed by atoms with Gasteiger partial charge in [0.2, 0.25) is 0 Å². The summed E-state index contributed by atoms with van der Waals surface area (Å²) < 4.78 is 18.5. The van der Waals surface area contributed by atoms with Gasteiger partial charge in [-0.2, -0.15) is 0 Å². The first kappa shape index (κ1) is 25.3. The van der Waals surface area contributed by atoms with E-state index < -0.39 is 22.8 Å². The van der Waals surface area contributed by atoms with Gasteiger partial charge in [0.25, 0.3) is 0 Å². The second kappa shape index (κ2) is 11.2. The van der Waals surface area contributed by atoms with E-state index in [1.165, 1.54) is 6.07 Å². The van der Waals surface area contributed by atoms with E-state index in [1.54, 1.807) is 45.3 Å². The number of carbonyl (C=O) groups is 1. The number of carboxylic acid groups (broad SMARTS) is 1. The average molecular weight is 471 g/mol. The summed E-state index contributed by atoms with van der Waals surface area (Å²) in [7, 11) is 0. The summed E-state index contributed by atoms with van der Waals surface area (Å²) in [6, 6.07) is 8.58. The van der Waals surface area contributed by atoms with Crippen molar-refractivity contribution in [3.8, 4) is 5.75 Å². The molecule has 182 valence electrons. The number of hydrogen-bond donors (Lipinski definition) is 1. The number of allylic oxidation sites excluding steroid dienone is 2. The largest absolute Gasteiger partial charge is 0.481 e. The SMILES string of the molecule is Cc1ccc(OC(C)(C)[C@@H]2OC[C@H](C/C=C\CCC(=O)O)[C@H](c3cccnc3)O2)c([N+](=O)[O-])c1. The molecule has 0 amide bonds. The van der Waals surface area contributed by atoms with E-state index in [4.69, 9.17) is 19.3 Å². The van der Waals surface area contributed by atoms with E-state index in [9.17, 15) is 14.9 Å². The number of benzene rings is 1. The summed E-state index contributed by atoms with van der Waals surface area (Å²) in [6.07, 6.45) is 7.27. The lowest BCUT2D eigenvalue weighted by Gasteiger charge is -2.42. The van der Waals surface area contributed by atoms with Crippen LogP contribution in [0.5, 0.6) is 5.75 Å². The Morgan fingerprint density at radius 3 is 2.82 bits per heavy atom. The summed E-state index contributed by atoms with van der Waals surface area (Å²) in [5.74, 6) is -0.707.